The Kier molecular flexibility index (Phi) is 3.45. The van der Waals surface area contributed by atoms with Crippen LogP contribution in [0.1, 0.15) is 25.7 Å². The summed E-state index contributed by atoms with van der Waals surface area (Å²) in [5.74, 6) is -0.561. The summed E-state index contributed by atoms with van der Waals surface area (Å²) in [6, 6.07) is 0.120. The molecular formula is C11H19NO4S. The van der Waals surface area contributed by atoms with Gasteiger partial charge in [-0.05, 0) is 18.8 Å². The predicted octanol–water partition coefficient (Wildman–Crippen LogP) is 0.359. The standard InChI is InChI=1S/C11H19NO4S/c1-17(15,16)10-4-2-3-9(10)12-6-8(7-12)5-11(13)14/h8-10H,2-7H2,1H3,(H,13,14). The normalized spacial score (nSPS) is 31.4. The predicted molar refractivity (Wildman–Crippen MR) is 63.6 cm³/mol. The van der Waals surface area contributed by atoms with Crippen molar-refractivity contribution in [3.05, 3.63) is 0 Å². The van der Waals surface area contributed by atoms with Gasteiger partial charge in [-0.1, -0.05) is 6.42 Å². The van der Waals surface area contributed by atoms with Gasteiger partial charge in [-0.2, -0.15) is 0 Å². The van der Waals surface area contributed by atoms with E-state index >= 15 is 0 Å². The third-order valence-electron chi connectivity index (χ3n) is 3.89. The Labute approximate surface area is 102 Å². The number of aliphatic carboxylic acids is 1. The third-order valence-corrected chi connectivity index (χ3v) is 5.54. The third kappa shape index (κ3) is 2.80. The van der Waals surface area contributed by atoms with Gasteiger partial charge in [0, 0.05) is 25.4 Å². The molecule has 2 unspecified atom stereocenters. The van der Waals surface area contributed by atoms with E-state index in [0.29, 0.717) is 0 Å². The number of carboxylic acids is 1. The van der Waals surface area contributed by atoms with Gasteiger partial charge in [-0.3, -0.25) is 9.69 Å². The lowest BCUT2D eigenvalue weighted by molar-refractivity contribution is -0.139. The second kappa shape index (κ2) is 4.57. The van der Waals surface area contributed by atoms with Crippen molar-refractivity contribution in [2.24, 2.45) is 5.92 Å². The largest absolute Gasteiger partial charge is 0.481 e. The van der Waals surface area contributed by atoms with Crippen LogP contribution in [0.25, 0.3) is 0 Å². The number of carboxylic acid groups (broad SMARTS) is 1. The van der Waals surface area contributed by atoms with Gasteiger partial charge in [0.25, 0.3) is 0 Å². The van der Waals surface area contributed by atoms with Gasteiger partial charge in [-0.15, -0.1) is 0 Å². The van der Waals surface area contributed by atoms with E-state index in [1.165, 1.54) is 6.26 Å². The van der Waals surface area contributed by atoms with E-state index in [2.05, 4.69) is 4.90 Å². The summed E-state index contributed by atoms with van der Waals surface area (Å²) in [6.07, 6.45) is 4.15. The monoisotopic (exact) mass is 261 g/mol. The molecule has 1 aliphatic carbocycles. The first kappa shape index (κ1) is 12.8. The molecule has 2 aliphatic rings. The lowest BCUT2D eigenvalue weighted by Crippen LogP contribution is -2.55. The average Bonchev–Trinajstić information content (AvgIpc) is 2.57. The Balaban J connectivity index is 1.90. The van der Waals surface area contributed by atoms with Crippen molar-refractivity contribution in [3.63, 3.8) is 0 Å². The van der Waals surface area contributed by atoms with Gasteiger partial charge in [0.1, 0.15) is 0 Å². The van der Waals surface area contributed by atoms with Crippen molar-refractivity contribution in [2.45, 2.75) is 37.0 Å². The highest BCUT2D eigenvalue weighted by Crippen LogP contribution is 2.34. The van der Waals surface area contributed by atoms with Crippen LogP contribution in [0, 0.1) is 5.92 Å². The molecule has 0 bridgehead atoms. The Bertz CT molecular complexity index is 400. The van der Waals surface area contributed by atoms with E-state index in [1.807, 2.05) is 0 Å². The molecule has 0 amide bonds. The van der Waals surface area contributed by atoms with Crippen molar-refractivity contribution in [1.29, 1.82) is 0 Å². The van der Waals surface area contributed by atoms with Crippen LogP contribution in [-0.4, -0.2) is 55.0 Å². The Hall–Kier alpha value is -0.620. The van der Waals surface area contributed by atoms with E-state index in [4.69, 9.17) is 5.11 Å². The second-order valence-electron chi connectivity index (χ2n) is 5.28. The zero-order valence-corrected chi connectivity index (χ0v) is 10.8. The molecule has 98 valence electrons. The number of likely N-dealkylation sites (tertiary alicyclic amines) is 1. The fraction of sp³-hybridized carbons (Fsp3) is 0.909. The summed E-state index contributed by atoms with van der Waals surface area (Å²) in [5, 5.41) is 8.43. The summed E-state index contributed by atoms with van der Waals surface area (Å²) in [6.45, 7) is 1.48. The molecule has 17 heavy (non-hydrogen) atoms. The Morgan fingerprint density at radius 3 is 2.53 bits per heavy atom. The molecule has 2 fully saturated rings. The summed E-state index contributed by atoms with van der Waals surface area (Å²) >= 11 is 0. The highest BCUT2D eigenvalue weighted by atomic mass is 32.2. The molecule has 1 saturated carbocycles. The second-order valence-corrected chi connectivity index (χ2v) is 7.55. The Morgan fingerprint density at radius 2 is 2.00 bits per heavy atom. The highest BCUT2D eigenvalue weighted by Gasteiger charge is 2.43. The van der Waals surface area contributed by atoms with Gasteiger partial charge in [0.15, 0.2) is 9.84 Å². The van der Waals surface area contributed by atoms with Gasteiger partial charge in [0.2, 0.25) is 0 Å². The molecule has 1 saturated heterocycles. The zero-order valence-electron chi connectivity index (χ0n) is 10.0. The summed E-state index contributed by atoms with van der Waals surface area (Å²) in [5.41, 5.74) is 0. The summed E-state index contributed by atoms with van der Waals surface area (Å²) < 4.78 is 23.3. The fourth-order valence-corrected chi connectivity index (χ4v) is 4.55. The van der Waals surface area contributed by atoms with E-state index < -0.39 is 15.8 Å². The SMILES string of the molecule is CS(=O)(=O)C1CCCC1N1CC(CC(=O)O)C1. The molecule has 1 aliphatic heterocycles. The van der Waals surface area contributed by atoms with Crippen LogP contribution < -0.4 is 0 Å². The molecule has 2 atom stereocenters. The van der Waals surface area contributed by atoms with Crippen molar-refractivity contribution < 1.29 is 18.3 Å². The topological polar surface area (TPSA) is 74.7 Å². The summed E-state index contributed by atoms with van der Waals surface area (Å²) in [4.78, 5) is 12.7. The van der Waals surface area contributed by atoms with Crippen LogP contribution in [-0.2, 0) is 14.6 Å². The van der Waals surface area contributed by atoms with Crippen LogP contribution in [0.5, 0.6) is 0 Å². The number of nitrogens with zero attached hydrogens (tertiary/aromatic N) is 1. The number of rotatable bonds is 4. The van der Waals surface area contributed by atoms with Crippen molar-refractivity contribution >= 4 is 15.8 Å². The van der Waals surface area contributed by atoms with E-state index in [-0.39, 0.29) is 23.6 Å². The van der Waals surface area contributed by atoms with E-state index in [9.17, 15) is 13.2 Å². The minimum Gasteiger partial charge on any atom is -0.481 e. The molecule has 1 N–H and O–H groups in total. The molecule has 0 radical (unpaired) electrons. The molecule has 0 aromatic heterocycles. The first-order chi connectivity index (χ1) is 7.88. The minimum absolute atomic E-state index is 0.120. The van der Waals surface area contributed by atoms with Crippen LogP contribution >= 0.6 is 0 Å². The number of hydrogen-bond donors (Lipinski definition) is 1. The van der Waals surface area contributed by atoms with E-state index in [0.717, 1.165) is 32.4 Å². The first-order valence-corrected chi connectivity index (χ1v) is 7.98. The molecule has 0 spiro atoms. The minimum atomic E-state index is -2.97. The Morgan fingerprint density at radius 1 is 1.35 bits per heavy atom. The maximum Gasteiger partial charge on any atom is 0.303 e. The first-order valence-electron chi connectivity index (χ1n) is 6.02. The molecule has 2 rings (SSSR count). The lowest BCUT2D eigenvalue weighted by Gasteiger charge is -2.44. The average molecular weight is 261 g/mol. The molecule has 6 heteroatoms. The van der Waals surface area contributed by atoms with Crippen molar-refractivity contribution in [3.8, 4) is 0 Å². The van der Waals surface area contributed by atoms with E-state index in [1.54, 1.807) is 0 Å². The van der Waals surface area contributed by atoms with Crippen LogP contribution in [0.4, 0.5) is 0 Å². The van der Waals surface area contributed by atoms with Gasteiger partial charge < -0.3 is 5.11 Å². The van der Waals surface area contributed by atoms with Gasteiger partial charge in [0.05, 0.1) is 11.7 Å². The lowest BCUT2D eigenvalue weighted by atomic mass is 9.94. The van der Waals surface area contributed by atoms with Crippen molar-refractivity contribution in [2.75, 3.05) is 19.3 Å². The smallest absolute Gasteiger partial charge is 0.303 e. The molecular weight excluding hydrogens is 242 g/mol. The molecule has 0 aromatic rings. The maximum absolute atomic E-state index is 11.6. The maximum atomic E-state index is 11.6. The quantitative estimate of drug-likeness (QED) is 0.791. The zero-order chi connectivity index (χ0) is 12.6. The summed E-state index contributed by atoms with van der Waals surface area (Å²) in [7, 11) is -2.97. The molecule has 1 heterocycles. The molecule has 0 aromatic carbocycles. The van der Waals surface area contributed by atoms with Crippen LogP contribution in [0.15, 0.2) is 0 Å². The fourth-order valence-electron chi connectivity index (χ4n) is 3.08. The number of hydrogen-bond acceptors (Lipinski definition) is 4. The van der Waals surface area contributed by atoms with Crippen molar-refractivity contribution in [1.82, 2.24) is 4.90 Å². The number of sulfone groups is 1. The number of carbonyl (C=O) groups is 1. The molecule has 5 nitrogen and oxygen atoms in total. The highest BCUT2D eigenvalue weighted by molar-refractivity contribution is 7.91. The van der Waals surface area contributed by atoms with Gasteiger partial charge in [-0.25, -0.2) is 8.42 Å². The van der Waals surface area contributed by atoms with Crippen LogP contribution in [0.2, 0.25) is 0 Å². The van der Waals surface area contributed by atoms with Gasteiger partial charge >= 0.3 is 5.97 Å². The van der Waals surface area contributed by atoms with Crippen LogP contribution in [0.3, 0.4) is 0 Å².